The number of hydrogen-bond acceptors (Lipinski definition) is 4. The van der Waals surface area contributed by atoms with Gasteiger partial charge < -0.3 is 15.2 Å². The molecule has 1 saturated heterocycles. The molecule has 0 aromatic heterocycles. The predicted molar refractivity (Wildman–Crippen MR) is 82.0 cm³/mol. The maximum atomic E-state index is 10.0. The summed E-state index contributed by atoms with van der Waals surface area (Å²) in [5.74, 6) is 1.08. The Morgan fingerprint density at radius 2 is 1.89 bits per heavy atom. The molecule has 1 aromatic rings. The first-order chi connectivity index (χ1) is 8.24. The number of hydrogen-bond donors (Lipinski definition) is 2. The Morgan fingerprint density at radius 1 is 1.26 bits per heavy atom. The van der Waals surface area contributed by atoms with E-state index < -0.39 is 0 Å². The molecule has 0 spiro atoms. The Balaban J connectivity index is 0.00000162. The molecule has 1 aliphatic heterocycles. The summed E-state index contributed by atoms with van der Waals surface area (Å²) in [6, 6.07) is 5.60. The molecule has 0 aliphatic carbocycles. The van der Waals surface area contributed by atoms with Crippen LogP contribution in [0.2, 0.25) is 0 Å². The van der Waals surface area contributed by atoms with Gasteiger partial charge >= 0.3 is 0 Å². The highest BCUT2D eigenvalue weighted by Gasteiger charge is 2.23. The van der Waals surface area contributed by atoms with Crippen LogP contribution in [0, 0.1) is 0 Å². The third kappa shape index (κ3) is 4.14. The molecule has 0 saturated carbocycles. The van der Waals surface area contributed by atoms with Crippen molar-refractivity contribution in [1.29, 1.82) is 0 Å². The van der Waals surface area contributed by atoms with Crippen molar-refractivity contribution in [3.05, 3.63) is 23.8 Å². The van der Waals surface area contributed by atoms with E-state index in [0.717, 1.165) is 37.5 Å². The van der Waals surface area contributed by atoms with Crippen LogP contribution < -0.4 is 10.1 Å². The van der Waals surface area contributed by atoms with E-state index in [0.29, 0.717) is 5.75 Å². The number of ether oxygens (including phenoxy) is 1. The minimum Gasteiger partial charge on any atom is -0.507 e. The summed E-state index contributed by atoms with van der Waals surface area (Å²) in [4.78, 5) is 2.36. The predicted octanol–water partition coefficient (Wildman–Crippen LogP) is 2.21. The summed E-state index contributed by atoms with van der Waals surface area (Å²) in [5, 5.41) is 13.3. The molecule has 0 amide bonds. The number of phenolic OH excluding ortho intramolecular Hbond substituents is 1. The third-order valence-electron chi connectivity index (χ3n) is 3.38. The van der Waals surface area contributed by atoms with E-state index in [-0.39, 0.29) is 30.9 Å². The lowest BCUT2D eigenvalue weighted by molar-refractivity contribution is 0.180. The molecule has 110 valence electrons. The SMILES string of the molecule is COc1cccc(O)c1[C@H](C)N1CCNCC1.Cl.Cl. The summed E-state index contributed by atoms with van der Waals surface area (Å²) in [7, 11) is 1.64. The van der Waals surface area contributed by atoms with Crippen molar-refractivity contribution in [2.75, 3.05) is 33.3 Å². The van der Waals surface area contributed by atoms with Gasteiger partial charge in [-0.1, -0.05) is 6.07 Å². The number of aromatic hydroxyl groups is 1. The normalized spacial score (nSPS) is 16.9. The Bertz CT molecular complexity index is 385. The molecule has 1 atom stereocenters. The fraction of sp³-hybridized carbons (Fsp3) is 0.538. The molecule has 2 N–H and O–H groups in total. The molecule has 0 unspecified atom stereocenters. The minimum absolute atomic E-state index is 0. The largest absolute Gasteiger partial charge is 0.507 e. The monoisotopic (exact) mass is 308 g/mol. The van der Waals surface area contributed by atoms with Crippen LogP contribution in [0.5, 0.6) is 11.5 Å². The van der Waals surface area contributed by atoms with Crippen molar-refractivity contribution < 1.29 is 9.84 Å². The zero-order valence-electron chi connectivity index (χ0n) is 11.3. The molecule has 1 fully saturated rings. The number of nitrogens with one attached hydrogen (secondary N) is 1. The van der Waals surface area contributed by atoms with Crippen molar-refractivity contribution in [1.82, 2.24) is 10.2 Å². The summed E-state index contributed by atoms with van der Waals surface area (Å²) in [6.07, 6.45) is 0. The number of nitrogens with zero attached hydrogens (tertiary/aromatic N) is 1. The second-order valence-electron chi connectivity index (χ2n) is 4.36. The van der Waals surface area contributed by atoms with Crippen LogP contribution in [-0.4, -0.2) is 43.3 Å². The Labute approximate surface area is 127 Å². The number of methoxy groups -OCH3 is 1. The highest BCUT2D eigenvalue weighted by atomic mass is 35.5. The van der Waals surface area contributed by atoms with Crippen LogP contribution in [0.3, 0.4) is 0 Å². The van der Waals surface area contributed by atoms with Gasteiger partial charge in [-0.05, 0) is 19.1 Å². The summed E-state index contributed by atoms with van der Waals surface area (Å²) >= 11 is 0. The first-order valence-corrected chi connectivity index (χ1v) is 6.04. The highest BCUT2D eigenvalue weighted by Crippen LogP contribution is 2.36. The zero-order chi connectivity index (χ0) is 12.3. The van der Waals surface area contributed by atoms with Crippen molar-refractivity contribution in [2.45, 2.75) is 13.0 Å². The van der Waals surface area contributed by atoms with Crippen molar-refractivity contribution in [2.24, 2.45) is 0 Å². The summed E-state index contributed by atoms with van der Waals surface area (Å²) in [5.41, 5.74) is 0.886. The van der Waals surface area contributed by atoms with E-state index in [1.807, 2.05) is 12.1 Å². The van der Waals surface area contributed by atoms with Crippen LogP contribution in [0.4, 0.5) is 0 Å². The standard InChI is InChI=1S/C13H20N2O2.2ClH/c1-10(15-8-6-14-7-9-15)13-11(16)4-3-5-12(13)17-2;;/h3-5,10,14,16H,6-9H2,1-2H3;2*1H/t10-;;/m0../s1. The van der Waals surface area contributed by atoms with Crippen LogP contribution in [0.25, 0.3) is 0 Å². The highest BCUT2D eigenvalue weighted by molar-refractivity contribution is 5.85. The van der Waals surface area contributed by atoms with Gasteiger partial charge in [0.15, 0.2) is 0 Å². The van der Waals surface area contributed by atoms with Gasteiger partial charge in [0.05, 0.1) is 12.7 Å². The molecule has 1 heterocycles. The lowest BCUT2D eigenvalue weighted by Crippen LogP contribution is -2.44. The molecule has 19 heavy (non-hydrogen) atoms. The lowest BCUT2D eigenvalue weighted by atomic mass is 10.0. The van der Waals surface area contributed by atoms with Crippen LogP contribution >= 0.6 is 24.8 Å². The van der Waals surface area contributed by atoms with E-state index in [4.69, 9.17) is 4.74 Å². The average Bonchev–Trinajstić information content (AvgIpc) is 2.38. The molecular weight excluding hydrogens is 287 g/mol. The molecule has 1 aromatic carbocycles. The van der Waals surface area contributed by atoms with Crippen LogP contribution in [0.15, 0.2) is 18.2 Å². The Hall–Kier alpha value is -0.680. The quantitative estimate of drug-likeness (QED) is 0.898. The topological polar surface area (TPSA) is 44.7 Å². The van der Waals surface area contributed by atoms with Gasteiger partial charge in [0.2, 0.25) is 0 Å². The van der Waals surface area contributed by atoms with Gasteiger partial charge in [-0.15, -0.1) is 24.8 Å². The van der Waals surface area contributed by atoms with Gasteiger partial charge in [-0.3, -0.25) is 4.90 Å². The van der Waals surface area contributed by atoms with Gasteiger partial charge in [0, 0.05) is 32.2 Å². The third-order valence-corrected chi connectivity index (χ3v) is 3.38. The number of piperazine rings is 1. The second-order valence-corrected chi connectivity index (χ2v) is 4.36. The van der Waals surface area contributed by atoms with Crippen molar-refractivity contribution in [3.63, 3.8) is 0 Å². The molecule has 1 aliphatic rings. The van der Waals surface area contributed by atoms with E-state index >= 15 is 0 Å². The first kappa shape index (κ1) is 18.3. The molecule has 2 rings (SSSR count). The van der Waals surface area contributed by atoms with Crippen LogP contribution in [-0.2, 0) is 0 Å². The number of benzene rings is 1. The van der Waals surface area contributed by atoms with Gasteiger partial charge in [-0.25, -0.2) is 0 Å². The fourth-order valence-electron chi connectivity index (χ4n) is 2.38. The maximum Gasteiger partial charge on any atom is 0.127 e. The zero-order valence-corrected chi connectivity index (χ0v) is 12.9. The Kier molecular flexibility index (Phi) is 8.18. The molecule has 4 nitrogen and oxygen atoms in total. The number of rotatable bonds is 3. The molecular formula is C13H22Cl2N2O2. The van der Waals surface area contributed by atoms with Gasteiger partial charge in [0.25, 0.3) is 0 Å². The van der Waals surface area contributed by atoms with Crippen molar-refractivity contribution in [3.8, 4) is 11.5 Å². The van der Waals surface area contributed by atoms with E-state index in [9.17, 15) is 5.11 Å². The average molecular weight is 309 g/mol. The minimum atomic E-state index is 0. The Morgan fingerprint density at radius 3 is 2.47 bits per heavy atom. The smallest absolute Gasteiger partial charge is 0.127 e. The number of phenols is 1. The molecule has 6 heteroatoms. The van der Waals surface area contributed by atoms with Gasteiger partial charge in [0.1, 0.15) is 11.5 Å². The summed E-state index contributed by atoms with van der Waals surface area (Å²) < 4.78 is 5.34. The van der Waals surface area contributed by atoms with Crippen LogP contribution in [0.1, 0.15) is 18.5 Å². The van der Waals surface area contributed by atoms with Gasteiger partial charge in [-0.2, -0.15) is 0 Å². The lowest BCUT2D eigenvalue weighted by Gasteiger charge is -2.33. The first-order valence-electron chi connectivity index (χ1n) is 6.04. The number of halogens is 2. The maximum absolute atomic E-state index is 10.0. The molecule has 0 bridgehead atoms. The summed E-state index contributed by atoms with van der Waals surface area (Å²) in [6.45, 7) is 6.11. The van der Waals surface area contributed by atoms with E-state index in [1.165, 1.54) is 0 Å². The van der Waals surface area contributed by atoms with E-state index in [1.54, 1.807) is 13.2 Å². The van der Waals surface area contributed by atoms with Crippen molar-refractivity contribution >= 4 is 24.8 Å². The second kappa shape index (κ2) is 8.48. The fourth-order valence-corrected chi connectivity index (χ4v) is 2.38. The van der Waals surface area contributed by atoms with E-state index in [2.05, 4.69) is 17.1 Å². The molecule has 0 radical (unpaired) electrons.